The Kier molecular flexibility index (Phi) is 7.41. The molecule has 2 amide bonds. The molecular formula is C23H26N4O3. The average molecular weight is 406 g/mol. The van der Waals surface area contributed by atoms with Gasteiger partial charge in [-0.15, -0.1) is 0 Å². The molecule has 7 nitrogen and oxygen atoms in total. The Balaban J connectivity index is 1.75. The maximum Gasteiger partial charge on any atom is 0.254 e. The number of hydrogen-bond acceptors (Lipinski definition) is 5. The minimum absolute atomic E-state index is 0.0553. The second-order valence-corrected chi connectivity index (χ2v) is 7.15. The summed E-state index contributed by atoms with van der Waals surface area (Å²) in [5.74, 6) is 0.602. The van der Waals surface area contributed by atoms with Crippen LogP contribution in [0.15, 0.2) is 48.5 Å². The minimum Gasteiger partial charge on any atom is -0.497 e. The Labute approximate surface area is 176 Å². The van der Waals surface area contributed by atoms with E-state index in [1.54, 1.807) is 36.3 Å². The van der Waals surface area contributed by atoms with Crippen molar-refractivity contribution in [2.45, 2.75) is 13.0 Å². The normalized spacial score (nSPS) is 13.4. The molecular weight excluding hydrogens is 380 g/mol. The van der Waals surface area contributed by atoms with Crippen LogP contribution in [0.4, 0.5) is 0 Å². The Morgan fingerprint density at radius 2 is 1.90 bits per heavy atom. The number of ether oxygens (including phenoxy) is 1. The van der Waals surface area contributed by atoms with Crippen LogP contribution >= 0.6 is 0 Å². The molecule has 0 bridgehead atoms. The number of nitrogens with zero attached hydrogens (tertiary/aromatic N) is 3. The second-order valence-electron chi connectivity index (χ2n) is 7.15. The van der Waals surface area contributed by atoms with E-state index in [9.17, 15) is 9.59 Å². The number of carbonyl (C=O) groups is 2. The largest absolute Gasteiger partial charge is 0.497 e. The molecule has 1 N–H and O–H groups in total. The van der Waals surface area contributed by atoms with Crippen molar-refractivity contribution < 1.29 is 14.3 Å². The summed E-state index contributed by atoms with van der Waals surface area (Å²) in [6, 6.07) is 16.2. The van der Waals surface area contributed by atoms with E-state index in [1.165, 1.54) is 0 Å². The number of piperazine rings is 1. The van der Waals surface area contributed by atoms with Gasteiger partial charge in [-0.25, -0.2) is 0 Å². The molecule has 0 unspecified atom stereocenters. The van der Waals surface area contributed by atoms with Gasteiger partial charge in [0.05, 0.1) is 18.7 Å². The molecule has 2 aromatic carbocycles. The van der Waals surface area contributed by atoms with Crippen molar-refractivity contribution in [2.24, 2.45) is 0 Å². The lowest BCUT2D eigenvalue weighted by Gasteiger charge is -2.29. The van der Waals surface area contributed by atoms with E-state index in [0.717, 1.165) is 24.4 Å². The lowest BCUT2D eigenvalue weighted by molar-refractivity contribution is -0.132. The first-order valence-corrected chi connectivity index (χ1v) is 10.0. The molecule has 2 aromatic rings. The standard InChI is InChI=1S/C23H26N4O3/c1-30-21-4-2-3-19(15-21)17-27(12-9-22(28)26-13-10-25-11-14-26)23(29)20-7-5-18(16-24)6-8-20/h2-8,15,25H,9-14,17H2,1H3. The summed E-state index contributed by atoms with van der Waals surface area (Å²) in [7, 11) is 1.60. The van der Waals surface area contributed by atoms with Gasteiger partial charge in [-0.2, -0.15) is 5.26 Å². The van der Waals surface area contributed by atoms with Crippen LogP contribution in [0.25, 0.3) is 0 Å². The molecule has 0 radical (unpaired) electrons. The van der Waals surface area contributed by atoms with Gasteiger partial charge in [0.1, 0.15) is 5.75 Å². The molecule has 0 spiro atoms. The van der Waals surface area contributed by atoms with E-state index in [-0.39, 0.29) is 18.2 Å². The third-order valence-corrected chi connectivity index (χ3v) is 5.12. The lowest BCUT2D eigenvalue weighted by Crippen LogP contribution is -2.47. The molecule has 1 saturated heterocycles. The molecule has 156 valence electrons. The first-order valence-electron chi connectivity index (χ1n) is 10.0. The van der Waals surface area contributed by atoms with Crippen LogP contribution in [0, 0.1) is 11.3 Å². The Morgan fingerprint density at radius 1 is 1.17 bits per heavy atom. The highest BCUT2D eigenvalue weighted by Crippen LogP contribution is 2.17. The van der Waals surface area contributed by atoms with Crippen LogP contribution in [-0.2, 0) is 11.3 Å². The summed E-state index contributed by atoms with van der Waals surface area (Å²) in [5, 5.41) is 12.2. The fourth-order valence-electron chi connectivity index (χ4n) is 3.42. The van der Waals surface area contributed by atoms with Crippen LogP contribution in [0.2, 0.25) is 0 Å². The van der Waals surface area contributed by atoms with Crippen molar-refractivity contribution in [3.05, 3.63) is 65.2 Å². The van der Waals surface area contributed by atoms with Gasteiger partial charge in [-0.1, -0.05) is 12.1 Å². The third kappa shape index (κ3) is 5.58. The maximum absolute atomic E-state index is 13.2. The molecule has 0 aromatic heterocycles. The van der Waals surface area contributed by atoms with E-state index in [1.807, 2.05) is 29.2 Å². The minimum atomic E-state index is -0.171. The van der Waals surface area contributed by atoms with Crippen molar-refractivity contribution in [3.8, 4) is 11.8 Å². The summed E-state index contributed by atoms with van der Waals surface area (Å²) in [4.78, 5) is 29.3. The molecule has 7 heteroatoms. The number of nitrogens with one attached hydrogen (secondary N) is 1. The monoisotopic (exact) mass is 406 g/mol. The number of hydrogen-bond donors (Lipinski definition) is 1. The summed E-state index contributed by atoms with van der Waals surface area (Å²) in [6.07, 6.45) is 0.270. The van der Waals surface area contributed by atoms with Gasteiger partial charge >= 0.3 is 0 Å². The maximum atomic E-state index is 13.2. The zero-order chi connectivity index (χ0) is 21.3. The summed E-state index contributed by atoms with van der Waals surface area (Å²) >= 11 is 0. The average Bonchev–Trinajstić information content (AvgIpc) is 2.81. The molecule has 3 rings (SSSR count). The fraction of sp³-hybridized carbons (Fsp3) is 0.348. The highest BCUT2D eigenvalue weighted by atomic mass is 16.5. The quantitative estimate of drug-likeness (QED) is 0.760. The van der Waals surface area contributed by atoms with Crippen LogP contribution in [0.3, 0.4) is 0 Å². The Bertz CT molecular complexity index is 915. The number of nitriles is 1. The van der Waals surface area contributed by atoms with Crippen molar-refractivity contribution in [2.75, 3.05) is 39.8 Å². The Morgan fingerprint density at radius 3 is 2.57 bits per heavy atom. The second kappa shape index (κ2) is 10.4. The van der Waals surface area contributed by atoms with Gasteiger partial charge in [-0.05, 0) is 42.0 Å². The van der Waals surface area contributed by atoms with Crippen LogP contribution in [0.5, 0.6) is 5.75 Å². The molecule has 1 aliphatic rings. The molecule has 1 aliphatic heterocycles. The predicted molar refractivity (Wildman–Crippen MR) is 113 cm³/mol. The molecule has 0 aliphatic carbocycles. The van der Waals surface area contributed by atoms with Gasteiger partial charge in [-0.3, -0.25) is 9.59 Å². The van der Waals surface area contributed by atoms with Crippen molar-refractivity contribution in [3.63, 3.8) is 0 Å². The molecule has 0 saturated carbocycles. The summed E-state index contributed by atoms with van der Waals surface area (Å²) < 4.78 is 5.28. The smallest absolute Gasteiger partial charge is 0.254 e. The van der Waals surface area contributed by atoms with Crippen LogP contribution < -0.4 is 10.1 Å². The molecule has 0 atom stereocenters. The van der Waals surface area contributed by atoms with Crippen LogP contribution in [0.1, 0.15) is 27.9 Å². The van der Waals surface area contributed by atoms with E-state index < -0.39 is 0 Å². The lowest BCUT2D eigenvalue weighted by atomic mass is 10.1. The zero-order valence-electron chi connectivity index (χ0n) is 17.1. The SMILES string of the molecule is COc1cccc(CN(CCC(=O)N2CCNCC2)C(=O)c2ccc(C#N)cc2)c1. The van der Waals surface area contributed by atoms with Crippen molar-refractivity contribution in [1.82, 2.24) is 15.1 Å². The van der Waals surface area contributed by atoms with Gasteiger partial charge in [0.2, 0.25) is 5.91 Å². The fourth-order valence-corrected chi connectivity index (χ4v) is 3.42. The van der Waals surface area contributed by atoms with Crippen LogP contribution in [-0.4, -0.2) is 61.4 Å². The Hall–Kier alpha value is -3.37. The van der Waals surface area contributed by atoms with Gasteiger partial charge in [0, 0.05) is 51.3 Å². The number of methoxy groups -OCH3 is 1. The van der Waals surface area contributed by atoms with E-state index in [4.69, 9.17) is 10.00 Å². The highest BCUT2D eigenvalue weighted by Gasteiger charge is 2.21. The van der Waals surface area contributed by atoms with Gasteiger partial charge < -0.3 is 19.9 Å². The van der Waals surface area contributed by atoms with E-state index in [0.29, 0.717) is 37.3 Å². The van der Waals surface area contributed by atoms with Crippen molar-refractivity contribution in [1.29, 1.82) is 5.26 Å². The first kappa shape index (κ1) is 21.3. The number of carbonyl (C=O) groups excluding carboxylic acids is 2. The van der Waals surface area contributed by atoms with Crippen molar-refractivity contribution >= 4 is 11.8 Å². The summed E-state index contributed by atoms with van der Waals surface area (Å²) in [6.45, 7) is 3.66. The third-order valence-electron chi connectivity index (χ3n) is 5.12. The van der Waals surface area contributed by atoms with E-state index >= 15 is 0 Å². The summed E-state index contributed by atoms with van der Waals surface area (Å²) in [5.41, 5.74) is 1.91. The predicted octanol–water partition coefficient (Wildman–Crippen LogP) is 2.03. The number of benzene rings is 2. The number of rotatable bonds is 7. The highest BCUT2D eigenvalue weighted by molar-refractivity contribution is 5.94. The number of amides is 2. The molecule has 1 heterocycles. The van der Waals surface area contributed by atoms with E-state index in [2.05, 4.69) is 11.4 Å². The molecule has 30 heavy (non-hydrogen) atoms. The molecule has 1 fully saturated rings. The zero-order valence-corrected chi connectivity index (χ0v) is 17.1. The van der Waals surface area contributed by atoms with Gasteiger partial charge in [0.15, 0.2) is 0 Å². The topological polar surface area (TPSA) is 85.7 Å². The first-order chi connectivity index (χ1) is 14.6. The van der Waals surface area contributed by atoms with Gasteiger partial charge in [0.25, 0.3) is 5.91 Å².